The van der Waals surface area contributed by atoms with E-state index in [9.17, 15) is 0 Å². The molecule has 0 aromatic heterocycles. The van der Waals surface area contributed by atoms with Crippen LogP contribution in [0.5, 0.6) is 0 Å². The lowest BCUT2D eigenvalue weighted by atomic mass is 9.58. The Balaban J connectivity index is 0.000000330. The summed E-state index contributed by atoms with van der Waals surface area (Å²) in [6.45, 7) is 16.8. The number of hydrogen-bond acceptors (Lipinski definition) is 0. The van der Waals surface area contributed by atoms with Crippen molar-refractivity contribution in [2.24, 2.45) is 28.6 Å². The molecule has 2 rings (SSSR count). The standard InChI is InChI=1S/C18H36.C10H20/c1-5-7-14-18(16(3)4,15-8-6-2)17-12-10-9-11-13-17;1-10(2,3)9-7-5-4-6-8-9/h16-17H,5-15H2,1-4H3;9H,4-8H2,1-3H3. The van der Waals surface area contributed by atoms with Crippen LogP contribution in [0.3, 0.4) is 0 Å². The Hall–Kier alpha value is 0. The van der Waals surface area contributed by atoms with Gasteiger partial charge in [-0.1, -0.05) is 113 Å². The van der Waals surface area contributed by atoms with Crippen molar-refractivity contribution in [2.45, 2.75) is 151 Å². The van der Waals surface area contributed by atoms with Crippen molar-refractivity contribution in [2.75, 3.05) is 0 Å². The highest BCUT2D eigenvalue weighted by Gasteiger charge is 2.40. The van der Waals surface area contributed by atoms with Gasteiger partial charge in [0.25, 0.3) is 0 Å². The lowest BCUT2D eigenvalue weighted by Crippen LogP contribution is -2.37. The fourth-order valence-corrected chi connectivity index (χ4v) is 6.24. The number of unbranched alkanes of at least 4 members (excludes halogenated alkanes) is 2. The Morgan fingerprint density at radius 3 is 1.32 bits per heavy atom. The van der Waals surface area contributed by atoms with E-state index in [1.165, 1.54) is 103 Å². The SMILES string of the molecule is CC(C)(C)C1CCCCC1.CCCCC(CCCC)(C(C)C)C1CCCCC1. The van der Waals surface area contributed by atoms with Crippen LogP contribution >= 0.6 is 0 Å². The maximum atomic E-state index is 2.50. The Labute approximate surface area is 180 Å². The molecule has 0 saturated heterocycles. The van der Waals surface area contributed by atoms with Crippen molar-refractivity contribution in [3.05, 3.63) is 0 Å². The van der Waals surface area contributed by atoms with Gasteiger partial charge in [0.1, 0.15) is 0 Å². The third-order valence-electron chi connectivity index (χ3n) is 8.39. The van der Waals surface area contributed by atoms with E-state index in [1.54, 1.807) is 0 Å². The van der Waals surface area contributed by atoms with Gasteiger partial charge < -0.3 is 0 Å². The molecule has 2 aliphatic carbocycles. The average Bonchev–Trinajstić information content (AvgIpc) is 2.69. The molecule has 28 heavy (non-hydrogen) atoms. The van der Waals surface area contributed by atoms with E-state index >= 15 is 0 Å². The minimum Gasteiger partial charge on any atom is -0.0654 e. The van der Waals surface area contributed by atoms with Crippen LogP contribution in [0.1, 0.15) is 151 Å². The van der Waals surface area contributed by atoms with Gasteiger partial charge in [-0.15, -0.1) is 0 Å². The Morgan fingerprint density at radius 1 is 0.643 bits per heavy atom. The molecule has 0 heterocycles. The molecule has 2 fully saturated rings. The van der Waals surface area contributed by atoms with Crippen LogP contribution in [0.25, 0.3) is 0 Å². The van der Waals surface area contributed by atoms with Crippen LogP contribution in [0.15, 0.2) is 0 Å². The molecule has 0 atom stereocenters. The van der Waals surface area contributed by atoms with E-state index in [0.29, 0.717) is 10.8 Å². The van der Waals surface area contributed by atoms with Crippen LogP contribution in [-0.4, -0.2) is 0 Å². The molecule has 0 heteroatoms. The van der Waals surface area contributed by atoms with Gasteiger partial charge in [0.15, 0.2) is 0 Å². The molecular weight excluding hydrogens is 336 g/mol. The Kier molecular flexibility index (Phi) is 12.4. The predicted molar refractivity (Wildman–Crippen MR) is 129 cm³/mol. The largest absolute Gasteiger partial charge is 0.0654 e. The van der Waals surface area contributed by atoms with E-state index in [-0.39, 0.29) is 0 Å². The van der Waals surface area contributed by atoms with Gasteiger partial charge in [0.05, 0.1) is 0 Å². The van der Waals surface area contributed by atoms with E-state index in [2.05, 4.69) is 48.5 Å². The molecular formula is C28H56. The third kappa shape index (κ3) is 8.39. The lowest BCUT2D eigenvalue weighted by molar-refractivity contribution is 0.0350. The summed E-state index contributed by atoms with van der Waals surface area (Å²) < 4.78 is 0. The van der Waals surface area contributed by atoms with Crippen molar-refractivity contribution >= 4 is 0 Å². The van der Waals surface area contributed by atoms with Gasteiger partial charge >= 0.3 is 0 Å². The van der Waals surface area contributed by atoms with Gasteiger partial charge in [-0.05, 0) is 67.1 Å². The molecule has 2 aliphatic rings. The first-order valence-electron chi connectivity index (χ1n) is 13.3. The molecule has 0 aromatic rings. The molecule has 0 spiro atoms. The zero-order chi connectivity index (χ0) is 21.0. The molecule has 0 nitrogen and oxygen atoms in total. The van der Waals surface area contributed by atoms with E-state index in [4.69, 9.17) is 0 Å². The highest BCUT2D eigenvalue weighted by atomic mass is 14.4. The number of rotatable bonds is 8. The van der Waals surface area contributed by atoms with Gasteiger partial charge in [-0.2, -0.15) is 0 Å². The second-order valence-corrected chi connectivity index (χ2v) is 11.6. The van der Waals surface area contributed by atoms with Gasteiger partial charge in [0, 0.05) is 0 Å². The van der Waals surface area contributed by atoms with E-state index < -0.39 is 0 Å². The van der Waals surface area contributed by atoms with Gasteiger partial charge in [0.2, 0.25) is 0 Å². The quantitative estimate of drug-likeness (QED) is 0.385. The normalized spacial score (nSPS) is 20.1. The summed E-state index contributed by atoms with van der Waals surface area (Å²) in [6, 6.07) is 0. The van der Waals surface area contributed by atoms with Crippen molar-refractivity contribution < 1.29 is 0 Å². The molecule has 0 N–H and O–H groups in total. The Bertz CT molecular complexity index is 352. The van der Waals surface area contributed by atoms with Crippen LogP contribution in [0.2, 0.25) is 0 Å². The van der Waals surface area contributed by atoms with E-state index in [0.717, 1.165) is 17.8 Å². The van der Waals surface area contributed by atoms with Crippen LogP contribution in [0, 0.1) is 28.6 Å². The summed E-state index contributed by atoms with van der Waals surface area (Å²) in [6.07, 6.45) is 23.5. The molecule has 0 radical (unpaired) electrons. The second kappa shape index (κ2) is 13.3. The predicted octanol–water partition coefficient (Wildman–Crippen LogP) is 10.2. The fraction of sp³-hybridized carbons (Fsp3) is 1.00. The number of hydrogen-bond donors (Lipinski definition) is 0. The molecule has 0 aliphatic heterocycles. The molecule has 2 saturated carbocycles. The topological polar surface area (TPSA) is 0 Å². The van der Waals surface area contributed by atoms with Crippen molar-refractivity contribution in [1.82, 2.24) is 0 Å². The zero-order valence-corrected chi connectivity index (χ0v) is 21.0. The third-order valence-corrected chi connectivity index (χ3v) is 8.39. The first-order chi connectivity index (χ1) is 13.3. The summed E-state index contributed by atoms with van der Waals surface area (Å²) >= 11 is 0. The first-order valence-corrected chi connectivity index (χ1v) is 13.3. The summed E-state index contributed by atoms with van der Waals surface area (Å²) in [5, 5.41) is 0. The maximum absolute atomic E-state index is 2.50. The van der Waals surface area contributed by atoms with Crippen LogP contribution in [0.4, 0.5) is 0 Å². The van der Waals surface area contributed by atoms with Crippen molar-refractivity contribution in [3.8, 4) is 0 Å². The van der Waals surface area contributed by atoms with Crippen molar-refractivity contribution in [3.63, 3.8) is 0 Å². The highest BCUT2D eigenvalue weighted by molar-refractivity contribution is 4.90. The highest BCUT2D eigenvalue weighted by Crippen LogP contribution is 2.50. The minimum atomic E-state index is 0.570. The zero-order valence-electron chi connectivity index (χ0n) is 21.0. The monoisotopic (exact) mass is 392 g/mol. The molecule has 168 valence electrons. The van der Waals surface area contributed by atoms with Crippen LogP contribution < -0.4 is 0 Å². The van der Waals surface area contributed by atoms with Gasteiger partial charge in [-0.3, -0.25) is 0 Å². The smallest absolute Gasteiger partial charge is 0.0246 e. The van der Waals surface area contributed by atoms with Crippen LogP contribution in [-0.2, 0) is 0 Å². The summed E-state index contributed by atoms with van der Waals surface area (Å²) in [5.41, 5.74) is 1.24. The van der Waals surface area contributed by atoms with Crippen molar-refractivity contribution in [1.29, 1.82) is 0 Å². The minimum absolute atomic E-state index is 0.570. The maximum Gasteiger partial charge on any atom is -0.0246 e. The average molecular weight is 393 g/mol. The first kappa shape index (κ1) is 26.0. The van der Waals surface area contributed by atoms with E-state index in [1.807, 2.05) is 0 Å². The second-order valence-electron chi connectivity index (χ2n) is 11.6. The summed E-state index contributed by atoms with van der Waals surface area (Å²) in [4.78, 5) is 0. The molecule has 0 bridgehead atoms. The van der Waals surface area contributed by atoms with Gasteiger partial charge in [-0.25, -0.2) is 0 Å². The molecule has 0 aromatic carbocycles. The summed E-state index contributed by atoms with van der Waals surface area (Å²) in [5.74, 6) is 2.91. The summed E-state index contributed by atoms with van der Waals surface area (Å²) in [7, 11) is 0. The lowest BCUT2D eigenvalue weighted by Gasteiger charge is -2.47. The molecule has 0 amide bonds. The molecule has 0 unspecified atom stereocenters. The Morgan fingerprint density at radius 2 is 1.04 bits per heavy atom. The fourth-order valence-electron chi connectivity index (χ4n) is 6.24.